The molecule has 5 heteroatoms. The van der Waals surface area contributed by atoms with Crippen LogP contribution in [-0.4, -0.2) is 4.21 Å². The van der Waals surface area contributed by atoms with Crippen molar-refractivity contribution in [2.75, 3.05) is 5.73 Å². The Labute approximate surface area is 112 Å². The van der Waals surface area contributed by atoms with Crippen LogP contribution in [0.5, 0.6) is 0 Å². The number of rotatable bonds is 3. The summed E-state index contributed by atoms with van der Waals surface area (Å²) in [5.41, 5.74) is 7.07. The summed E-state index contributed by atoms with van der Waals surface area (Å²) in [7, 11) is -1.48. The minimum absolute atomic E-state index is 0.138. The van der Waals surface area contributed by atoms with Crippen molar-refractivity contribution in [2.45, 2.75) is 10.6 Å². The molecule has 2 aromatic rings. The summed E-state index contributed by atoms with van der Waals surface area (Å²) >= 11 is 0. The maximum atomic E-state index is 13.6. The second-order valence-electron chi connectivity index (χ2n) is 3.99. The van der Waals surface area contributed by atoms with Crippen LogP contribution < -0.4 is 5.73 Å². The third kappa shape index (κ3) is 3.18. The largest absolute Gasteiger partial charge is 0.399 e. The maximum Gasteiger partial charge on any atom is 0.141 e. The Morgan fingerprint density at radius 1 is 1.21 bits per heavy atom. The first-order valence-corrected chi connectivity index (χ1v) is 6.84. The van der Waals surface area contributed by atoms with Gasteiger partial charge in [-0.15, -0.1) is 0 Å². The Morgan fingerprint density at radius 2 is 1.89 bits per heavy atom. The molecule has 1 atom stereocenters. The molecule has 0 aliphatic carbocycles. The molecular formula is C14H11FN2OS. The quantitative estimate of drug-likeness (QED) is 0.875. The van der Waals surface area contributed by atoms with Crippen molar-refractivity contribution in [1.29, 1.82) is 5.26 Å². The molecule has 0 radical (unpaired) electrons. The number of halogens is 1. The first-order valence-electron chi connectivity index (χ1n) is 5.52. The molecule has 1 unspecified atom stereocenters. The van der Waals surface area contributed by atoms with Crippen molar-refractivity contribution in [3.8, 4) is 6.07 Å². The van der Waals surface area contributed by atoms with Crippen molar-refractivity contribution < 1.29 is 8.60 Å². The summed E-state index contributed by atoms with van der Waals surface area (Å²) in [5, 5.41) is 8.68. The third-order valence-electron chi connectivity index (χ3n) is 2.58. The first kappa shape index (κ1) is 13.2. The van der Waals surface area contributed by atoms with Crippen molar-refractivity contribution in [3.63, 3.8) is 0 Å². The fourth-order valence-electron chi connectivity index (χ4n) is 1.61. The van der Waals surface area contributed by atoms with Crippen LogP contribution in [0.4, 0.5) is 10.1 Å². The van der Waals surface area contributed by atoms with Crippen molar-refractivity contribution in [1.82, 2.24) is 0 Å². The molecule has 2 aromatic carbocycles. The highest BCUT2D eigenvalue weighted by Gasteiger charge is 2.11. The Hall–Kier alpha value is -2.19. The van der Waals surface area contributed by atoms with Gasteiger partial charge in [0.15, 0.2) is 0 Å². The number of benzene rings is 2. The number of hydrogen-bond acceptors (Lipinski definition) is 3. The van der Waals surface area contributed by atoms with Gasteiger partial charge >= 0.3 is 0 Å². The van der Waals surface area contributed by atoms with Gasteiger partial charge in [-0.1, -0.05) is 12.1 Å². The normalized spacial score (nSPS) is 11.8. The lowest BCUT2D eigenvalue weighted by atomic mass is 10.2. The van der Waals surface area contributed by atoms with E-state index in [2.05, 4.69) is 0 Å². The molecule has 3 nitrogen and oxygen atoms in total. The van der Waals surface area contributed by atoms with E-state index in [9.17, 15) is 8.60 Å². The molecule has 0 aromatic heterocycles. The van der Waals surface area contributed by atoms with E-state index in [4.69, 9.17) is 11.0 Å². The molecule has 19 heavy (non-hydrogen) atoms. The van der Waals surface area contributed by atoms with Gasteiger partial charge in [-0.2, -0.15) is 5.26 Å². The topological polar surface area (TPSA) is 66.9 Å². The molecule has 0 bridgehead atoms. The lowest BCUT2D eigenvalue weighted by Crippen LogP contribution is -2.00. The summed E-state index contributed by atoms with van der Waals surface area (Å²) in [6, 6.07) is 12.8. The number of nitrogens with zero attached hydrogens (tertiary/aromatic N) is 1. The Morgan fingerprint density at radius 3 is 2.47 bits per heavy atom. The molecule has 2 rings (SSSR count). The minimum Gasteiger partial charge on any atom is -0.399 e. The van der Waals surface area contributed by atoms with E-state index >= 15 is 0 Å². The molecule has 0 amide bonds. The van der Waals surface area contributed by atoms with Gasteiger partial charge in [0.05, 0.1) is 33.1 Å². The molecular weight excluding hydrogens is 263 g/mol. The zero-order chi connectivity index (χ0) is 13.8. The average Bonchev–Trinajstić information content (AvgIpc) is 2.39. The van der Waals surface area contributed by atoms with Crippen LogP contribution in [0.1, 0.15) is 11.1 Å². The Bertz CT molecular complexity index is 662. The van der Waals surface area contributed by atoms with E-state index < -0.39 is 16.6 Å². The number of nitrogen functional groups attached to an aromatic ring is 1. The van der Waals surface area contributed by atoms with E-state index in [1.54, 1.807) is 24.3 Å². The van der Waals surface area contributed by atoms with Crippen molar-refractivity contribution >= 4 is 16.5 Å². The van der Waals surface area contributed by atoms with Crippen LogP contribution in [0.3, 0.4) is 0 Å². The van der Waals surface area contributed by atoms with Gasteiger partial charge in [0, 0.05) is 5.69 Å². The van der Waals surface area contributed by atoms with Crippen LogP contribution in [0.15, 0.2) is 47.4 Å². The molecule has 0 saturated heterocycles. The Kier molecular flexibility index (Phi) is 3.93. The lowest BCUT2D eigenvalue weighted by molar-refractivity contribution is 0.596. The number of nitriles is 1. The van der Waals surface area contributed by atoms with E-state index in [0.29, 0.717) is 11.3 Å². The lowest BCUT2D eigenvalue weighted by Gasteiger charge is -2.05. The molecule has 0 heterocycles. The van der Waals surface area contributed by atoms with Crippen molar-refractivity contribution in [2.24, 2.45) is 0 Å². The average molecular weight is 274 g/mol. The summed E-state index contributed by atoms with van der Waals surface area (Å²) < 4.78 is 25.7. The monoisotopic (exact) mass is 274 g/mol. The second kappa shape index (κ2) is 5.63. The van der Waals surface area contributed by atoms with Crippen LogP contribution in [0.25, 0.3) is 0 Å². The SMILES string of the molecule is N#Cc1ccc(CS(=O)c2ccc(N)cc2F)cc1. The predicted octanol–water partition coefficient (Wildman–Crippen LogP) is 2.59. The van der Waals surface area contributed by atoms with Gasteiger partial charge < -0.3 is 5.73 Å². The van der Waals surface area contributed by atoms with Crippen molar-refractivity contribution in [3.05, 3.63) is 59.4 Å². The second-order valence-corrected chi connectivity index (χ2v) is 5.41. The van der Waals surface area contributed by atoms with Gasteiger partial charge in [-0.25, -0.2) is 4.39 Å². The summed E-state index contributed by atoms with van der Waals surface area (Å²) in [6.07, 6.45) is 0. The Balaban J connectivity index is 2.18. The molecule has 0 saturated carbocycles. The molecule has 0 aliphatic rings. The molecule has 0 fully saturated rings. The molecule has 0 aliphatic heterocycles. The fraction of sp³-hybridized carbons (Fsp3) is 0.0714. The van der Waals surface area contributed by atoms with Gasteiger partial charge in [-0.3, -0.25) is 4.21 Å². The van der Waals surface area contributed by atoms with E-state index in [1.807, 2.05) is 6.07 Å². The van der Waals surface area contributed by atoms with Gasteiger partial charge in [0.2, 0.25) is 0 Å². The smallest absolute Gasteiger partial charge is 0.141 e. The van der Waals surface area contributed by atoms with Crippen LogP contribution >= 0.6 is 0 Å². The maximum absolute atomic E-state index is 13.6. The molecule has 2 N–H and O–H groups in total. The highest BCUT2D eigenvalue weighted by Crippen LogP contribution is 2.18. The summed E-state index contributed by atoms with van der Waals surface area (Å²) in [5.74, 6) is -0.362. The molecule has 0 spiro atoms. The highest BCUT2D eigenvalue weighted by atomic mass is 32.2. The standard InChI is InChI=1S/C14H11FN2OS/c15-13-7-12(17)5-6-14(13)19(18)9-11-3-1-10(8-16)2-4-11/h1-7H,9,17H2. The van der Waals surface area contributed by atoms with Crippen LogP contribution in [0, 0.1) is 17.1 Å². The third-order valence-corrected chi connectivity index (χ3v) is 4.00. The van der Waals surface area contributed by atoms with Crippen LogP contribution in [-0.2, 0) is 16.6 Å². The van der Waals surface area contributed by atoms with E-state index in [-0.39, 0.29) is 10.6 Å². The highest BCUT2D eigenvalue weighted by molar-refractivity contribution is 7.84. The first-order chi connectivity index (χ1) is 9.10. The molecule has 96 valence electrons. The van der Waals surface area contributed by atoms with Crippen LogP contribution in [0.2, 0.25) is 0 Å². The minimum atomic E-state index is -1.48. The zero-order valence-electron chi connectivity index (χ0n) is 9.97. The zero-order valence-corrected chi connectivity index (χ0v) is 10.8. The predicted molar refractivity (Wildman–Crippen MR) is 72.1 cm³/mol. The van der Waals surface area contributed by atoms with E-state index in [0.717, 1.165) is 11.6 Å². The number of nitrogens with two attached hydrogens (primary N) is 1. The summed E-state index contributed by atoms with van der Waals surface area (Å²) in [4.78, 5) is 0.138. The summed E-state index contributed by atoms with van der Waals surface area (Å²) in [6.45, 7) is 0. The fourth-order valence-corrected chi connectivity index (χ4v) is 2.75. The van der Waals surface area contributed by atoms with E-state index in [1.165, 1.54) is 12.1 Å². The number of hydrogen-bond donors (Lipinski definition) is 1. The van der Waals surface area contributed by atoms with Gasteiger partial charge in [-0.05, 0) is 35.9 Å². The van der Waals surface area contributed by atoms with Gasteiger partial charge in [0.1, 0.15) is 5.82 Å². The van der Waals surface area contributed by atoms with Gasteiger partial charge in [0.25, 0.3) is 0 Å². The number of anilines is 1.